The third-order valence-electron chi connectivity index (χ3n) is 4.29. The van der Waals surface area contributed by atoms with Gasteiger partial charge in [0.15, 0.2) is 0 Å². The van der Waals surface area contributed by atoms with Gasteiger partial charge in [0, 0.05) is 17.8 Å². The van der Waals surface area contributed by atoms with Crippen LogP contribution in [0.2, 0.25) is 0 Å². The molecule has 1 aromatic rings. The Bertz CT molecular complexity index is 462. The molecule has 1 amide bonds. The van der Waals surface area contributed by atoms with Crippen molar-refractivity contribution in [2.24, 2.45) is 0 Å². The number of anilines is 1. The van der Waals surface area contributed by atoms with E-state index in [9.17, 15) is 4.79 Å². The first kappa shape index (κ1) is 15.7. The third kappa shape index (κ3) is 3.69. The van der Waals surface area contributed by atoms with Gasteiger partial charge in [-0.25, -0.2) is 0 Å². The SMILES string of the molecule is COc1ccc(NC(C)C(=O)N2C(C)CCCC2C)cc1. The maximum atomic E-state index is 12.7. The normalized spacial score (nSPS) is 23.5. The molecule has 3 unspecified atom stereocenters. The highest BCUT2D eigenvalue weighted by molar-refractivity contribution is 5.85. The summed E-state index contributed by atoms with van der Waals surface area (Å²) in [6.45, 7) is 6.22. The van der Waals surface area contributed by atoms with Crippen LogP contribution in [0.25, 0.3) is 0 Å². The van der Waals surface area contributed by atoms with Gasteiger partial charge < -0.3 is 15.0 Å². The summed E-state index contributed by atoms with van der Waals surface area (Å²) in [5.41, 5.74) is 0.939. The zero-order valence-corrected chi connectivity index (χ0v) is 13.4. The van der Waals surface area contributed by atoms with Crippen LogP contribution < -0.4 is 10.1 Å². The molecule has 4 nitrogen and oxygen atoms in total. The highest BCUT2D eigenvalue weighted by atomic mass is 16.5. The quantitative estimate of drug-likeness (QED) is 0.925. The number of piperidine rings is 1. The van der Waals surface area contributed by atoms with Gasteiger partial charge in [-0.2, -0.15) is 0 Å². The fourth-order valence-corrected chi connectivity index (χ4v) is 3.08. The fourth-order valence-electron chi connectivity index (χ4n) is 3.08. The Kier molecular flexibility index (Phi) is 5.10. The second-order valence-corrected chi connectivity index (χ2v) is 5.97. The Labute approximate surface area is 127 Å². The second-order valence-electron chi connectivity index (χ2n) is 5.97. The maximum absolute atomic E-state index is 12.7. The Morgan fingerprint density at radius 1 is 1.24 bits per heavy atom. The largest absolute Gasteiger partial charge is 0.497 e. The summed E-state index contributed by atoms with van der Waals surface area (Å²) in [6.07, 6.45) is 3.42. The lowest BCUT2D eigenvalue weighted by molar-refractivity contribution is -0.137. The lowest BCUT2D eigenvalue weighted by atomic mass is 9.96. The number of hydrogen-bond acceptors (Lipinski definition) is 3. The van der Waals surface area contributed by atoms with Gasteiger partial charge in [-0.1, -0.05) is 0 Å². The molecular weight excluding hydrogens is 264 g/mol. The zero-order chi connectivity index (χ0) is 15.4. The van der Waals surface area contributed by atoms with Crippen LogP contribution in [0.15, 0.2) is 24.3 Å². The van der Waals surface area contributed by atoms with Crippen molar-refractivity contribution in [2.45, 2.75) is 58.2 Å². The second kappa shape index (κ2) is 6.83. The summed E-state index contributed by atoms with van der Waals surface area (Å²) >= 11 is 0. The van der Waals surface area contributed by atoms with Crippen molar-refractivity contribution in [1.82, 2.24) is 4.90 Å². The first-order chi connectivity index (χ1) is 10.0. The van der Waals surface area contributed by atoms with Gasteiger partial charge in [0.2, 0.25) is 5.91 Å². The van der Waals surface area contributed by atoms with Gasteiger partial charge in [-0.3, -0.25) is 4.79 Å². The molecule has 0 saturated carbocycles. The van der Waals surface area contributed by atoms with Crippen LogP contribution in [-0.2, 0) is 4.79 Å². The summed E-state index contributed by atoms with van der Waals surface area (Å²) in [6, 6.07) is 8.11. The molecule has 4 heteroatoms. The average molecular weight is 290 g/mol. The average Bonchev–Trinajstić information content (AvgIpc) is 2.47. The van der Waals surface area contributed by atoms with E-state index in [0.717, 1.165) is 24.3 Å². The molecule has 0 bridgehead atoms. The minimum Gasteiger partial charge on any atom is -0.497 e. The van der Waals surface area contributed by atoms with Gasteiger partial charge in [-0.05, 0) is 64.3 Å². The Morgan fingerprint density at radius 3 is 2.33 bits per heavy atom. The minimum atomic E-state index is -0.221. The van der Waals surface area contributed by atoms with Crippen molar-refractivity contribution in [3.05, 3.63) is 24.3 Å². The van der Waals surface area contributed by atoms with Crippen molar-refractivity contribution < 1.29 is 9.53 Å². The summed E-state index contributed by atoms with van der Waals surface area (Å²) in [7, 11) is 1.65. The van der Waals surface area contributed by atoms with E-state index in [2.05, 4.69) is 19.2 Å². The van der Waals surface area contributed by atoms with E-state index in [1.165, 1.54) is 6.42 Å². The van der Waals surface area contributed by atoms with Gasteiger partial charge in [0.05, 0.1) is 7.11 Å². The van der Waals surface area contributed by atoms with Gasteiger partial charge in [0.25, 0.3) is 0 Å². The number of likely N-dealkylation sites (tertiary alicyclic amines) is 1. The van der Waals surface area contributed by atoms with E-state index < -0.39 is 0 Å². The number of benzene rings is 1. The summed E-state index contributed by atoms with van der Waals surface area (Å²) in [5.74, 6) is 1.00. The van der Waals surface area contributed by atoms with E-state index >= 15 is 0 Å². The molecule has 1 saturated heterocycles. The lowest BCUT2D eigenvalue weighted by Crippen LogP contribution is -2.52. The van der Waals surface area contributed by atoms with Crippen LogP contribution >= 0.6 is 0 Å². The highest BCUT2D eigenvalue weighted by Gasteiger charge is 2.31. The number of hydrogen-bond donors (Lipinski definition) is 1. The Hall–Kier alpha value is -1.71. The molecule has 2 rings (SSSR count). The number of carbonyl (C=O) groups is 1. The number of nitrogens with zero attached hydrogens (tertiary/aromatic N) is 1. The Balaban J connectivity index is 2.01. The summed E-state index contributed by atoms with van der Waals surface area (Å²) < 4.78 is 5.14. The van der Waals surface area contributed by atoms with Crippen molar-refractivity contribution >= 4 is 11.6 Å². The molecule has 1 aromatic carbocycles. The zero-order valence-electron chi connectivity index (χ0n) is 13.4. The molecule has 1 N–H and O–H groups in total. The number of methoxy groups -OCH3 is 1. The molecule has 1 fully saturated rings. The van der Waals surface area contributed by atoms with Crippen LogP contribution in [0, 0.1) is 0 Å². The third-order valence-corrected chi connectivity index (χ3v) is 4.29. The van der Waals surface area contributed by atoms with Gasteiger partial charge >= 0.3 is 0 Å². The van der Waals surface area contributed by atoms with Crippen LogP contribution in [0.5, 0.6) is 5.75 Å². The van der Waals surface area contributed by atoms with Crippen LogP contribution in [0.1, 0.15) is 40.0 Å². The van der Waals surface area contributed by atoms with E-state index in [4.69, 9.17) is 4.74 Å². The molecule has 1 aliphatic heterocycles. The minimum absolute atomic E-state index is 0.186. The van der Waals surface area contributed by atoms with Gasteiger partial charge in [-0.15, -0.1) is 0 Å². The molecular formula is C17H26N2O2. The predicted octanol–water partition coefficient (Wildman–Crippen LogP) is 3.29. The van der Waals surface area contributed by atoms with Crippen molar-refractivity contribution in [3.8, 4) is 5.75 Å². The molecule has 21 heavy (non-hydrogen) atoms. The first-order valence-electron chi connectivity index (χ1n) is 7.75. The fraction of sp³-hybridized carbons (Fsp3) is 0.588. The van der Waals surface area contributed by atoms with E-state index in [-0.39, 0.29) is 11.9 Å². The predicted molar refractivity (Wildman–Crippen MR) is 85.7 cm³/mol. The molecule has 0 radical (unpaired) electrons. The standard InChI is InChI=1S/C17H26N2O2/c1-12-6-5-7-13(2)19(12)17(20)14(3)18-15-8-10-16(21-4)11-9-15/h8-14,18H,5-7H2,1-4H3. The smallest absolute Gasteiger partial charge is 0.245 e. The number of rotatable bonds is 4. The highest BCUT2D eigenvalue weighted by Crippen LogP contribution is 2.24. The van der Waals surface area contributed by atoms with E-state index in [1.807, 2.05) is 36.1 Å². The van der Waals surface area contributed by atoms with E-state index in [0.29, 0.717) is 12.1 Å². The van der Waals surface area contributed by atoms with Gasteiger partial charge in [0.1, 0.15) is 11.8 Å². The molecule has 0 aromatic heterocycles. The molecule has 1 heterocycles. The first-order valence-corrected chi connectivity index (χ1v) is 7.75. The lowest BCUT2D eigenvalue weighted by Gasteiger charge is -2.40. The molecule has 0 spiro atoms. The number of amides is 1. The molecule has 0 aliphatic carbocycles. The number of nitrogens with one attached hydrogen (secondary N) is 1. The Morgan fingerprint density at radius 2 is 1.81 bits per heavy atom. The van der Waals surface area contributed by atoms with Crippen LogP contribution in [0.4, 0.5) is 5.69 Å². The molecule has 116 valence electrons. The number of carbonyl (C=O) groups excluding carboxylic acids is 1. The molecule has 3 atom stereocenters. The monoisotopic (exact) mass is 290 g/mol. The topological polar surface area (TPSA) is 41.6 Å². The van der Waals surface area contributed by atoms with E-state index in [1.54, 1.807) is 7.11 Å². The summed E-state index contributed by atoms with van der Waals surface area (Å²) in [4.78, 5) is 14.7. The van der Waals surface area contributed by atoms with Crippen LogP contribution in [0.3, 0.4) is 0 Å². The number of ether oxygens (including phenoxy) is 1. The van der Waals surface area contributed by atoms with Crippen molar-refractivity contribution in [2.75, 3.05) is 12.4 Å². The van der Waals surface area contributed by atoms with Crippen molar-refractivity contribution in [1.29, 1.82) is 0 Å². The molecule has 1 aliphatic rings. The van der Waals surface area contributed by atoms with Crippen molar-refractivity contribution in [3.63, 3.8) is 0 Å². The summed E-state index contributed by atoms with van der Waals surface area (Å²) in [5, 5.41) is 3.28. The van der Waals surface area contributed by atoms with Crippen LogP contribution in [-0.4, -0.2) is 36.0 Å². The maximum Gasteiger partial charge on any atom is 0.245 e.